The molecule has 0 spiro atoms. The van der Waals surface area contributed by atoms with E-state index in [1.807, 2.05) is 43.5 Å². The van der Waals surface area contributed by atoms with E-state index in [2.05, 4.69) is 78.1 Å². The summed E-state index contributed by atoms with van der Waals surface area (Å²) in [5.74, 6) is -0.191. The van der Waals surface area contributed by atoms with E-state index in [9.17, 15) is 4.79 Å². The number of hydrogen-bond acceptors (Lipinski definition) is 4. The molecule has 0 radical (unpaired) electrons. The van der Waals surface area contributed by atoms with Gasteiger partial charge >= 0.3 is 0 Å². The van der Waals surface area contributed by atoms with Crippen LogP contribution in [0, 0.1) is 34.6 Å². The molecule has 206 valence electrons. The number of ether oxygens (including phenoxy) is 1. The Bertz CT molecular complexity index is 1560. The number of aryl methyl sites for hydroxylation is 4. The molecular formula is C32H35N5O2S. The van der Waals surface area contributed by atoms with Crippen LogP contribution >= 0.6 is 12.2 Å². The first kappa shape index (κ1) is 27.6. The highest BCUT2D eigenvalue weighted by Crippen LogP contribution is 2.44. The number of thiocarbonyl (C=S) groups is 1. The lowest BCUT2D eigenvalue weighted by atomic mass is 9.96. The molecule has 2 aromatic carbocycles. The number of pyridine rings is 1. The van der Waals surface area contributed by atoms with Gasteiger partial charge in [-0.3, -0.25) is 9.78 Å². The third kappa shape index (κ3) is 5.00. The van der Waals surface area contributed by atoms with Gasteiger partial charge in [0.1, 0.15) is 6.61 Å². The van der Waals surface area contributed by atoms with Gasteiger partial charge in [-0.15, -0.1) is 0 Å². The summed E-state index contributed by atoms with van der Waals surface area (Å²) in [6.07, 6.45) is 1.82. The standard InChI is InChI=1S/C32H35N5O2S/c1-19-10-9-11-20(2)30(19)36-22(4)17-25(23(36)5)31-29(27-12-7-8-15-33-27)35-32(40)37(31)24-13-14-26(21(3)16-24)34-28(38)18-39-6/h7-17,29,31H,18H2,1-6H3,(H,34,38)(H,35,40). The topological polar surface area (TPSA) is 71.4 Å². The van der Waals surface area contributed by atoms with Gasteiger partial charge in [0.2, 0.25) is 5.91 Å². The number of aromatic nitrogens is 2. The average molecular weight is 554 g/mol. The first-order valence-corrected chi connectivity index (χ1v) is 13.8. The number of para-hydroxylation sites is 1. The zero-order valence-electron chi connectivity index (χ0n) is 23.8. The van der Waals surface area contributed by atoms with Gasteiger partial charge in [-0.2, -0.15) is 0 Å². The molecule has 0 aliphatic carbocycles. The number of hydrogen-bond donors (Lipinski definition) is 2. The van der Waals surface area contributed by atoms with E-state index >= 15 is 0 Å². The van der Waals surface area contributed by atoms with Crippen molar-refractivity contribution in [1.29, 1.82) is 0 Å². The second-order valence-electron chi connectivity index (χ2n) is 10.4. The van der Waals surface area contributed by atoms with E-state index in [1.165, 1.54) is 29.5 Å². The fourth-order valence-corrected chi connectivity index (χ4v) is 6.14. The highest BCUT2D eigenvalue weighted by molar-refractivity contribution is 7.80. The number of carbonyl (C=O) groups is 1. The maximum Gasteiger partial charge on any atom is 0.250 e. The van der Waals surface area contributed by atoms with Crippen LogP contribution in [-0.4, -0.2) is 34.3 Å². The number of anilines is 2. The summed E-state index contributed by atoms with van der Waals surface area (Å²) >= 11 is 5.97. The van der Waals surface area contributed by atoms with Gasteiger partial charge < -0.3 is 24.8 Å². The zero-order valence-corrected chi connectivity index (χ0v) is 24.6. The number of amides is 1. The van der Waals surface area contributed by atoms with Crippen LogP contribution < -0.4 is 15.5 Å². The third-order valence-electron chi connectivity index (χ3n) is 7.59. The Morgan fingerprint density at radius 2 is 1.75 bits per heavy atom. The van der Waals surface area contributed by atoms with Gasteiger partial charge in [0.25, 0.3) is 0 Å². The lowest BCUT2D eigenvalue weighted by Crippen LogP contribution is -2.29. The number of methoxy groups -OCH3 is 1. The van der Waals surface area contributed by atoms with Gasteiger partial charge in [-0.05, 0) is 105 Å². The number of nitrogens with zero attached hydrogens (tertiary/aromatic N) is 3. The van der Waals surface area contributed by atoms with Crippen molar-refractivity contribution < 1.29 is 9.53 Å². The van der Waals surface area contributed by atoms with Crippen molar-refractivity contribution in [2.75, 3.05) is 23.9 Å². The van der Waals surface area contributed by atoms with E-state index in [0.717, 1.165) is 34.0 Å². The van der Waals surface area contributed by atoms with Crippen LogP contribution in [0.3, 0.4) is 0 Å². The van der Waals surface area contributed by atoms with E-state index in [1.54, 1.807) is 0 Å². The quantitative estimate of drug-likeness (QED) is 0.267. The minimum atomic E-state index is -0.191. The maximum atomic E-state index is 12.1. The lowest BCUT2D eigenvalue weighted by molar-refractivity contribution is -0.119. The summed E-state index contributed by atoms with van der Waals surface area (Å²) in [6.45, 7) is 10.6. The van der Waals surface area contributed by atoms with Crippen molar-refractivity contribution >= 4 is 34.6 Å². The maximum absolute atomic E-state index is 12.1. The van der Waals surface area contributed by atoms with Crippen LogP contribution in [0.5, 0.6) is 0 Å². The number of carbonyl (C=O) groups excluding carboxylic acids is 1. The smallest absolute Gasteiger partial charge is 0.250 e. The molecule has 7 nitrogen and oxygen atoms in total. The summed E-state index contributed by atoms with van der Waals surface area (Å²) in [7, 11) is 1.51. The van der Waals surface area contributed by atoms with Gasteiger partial charge in [-0.1, -0.05) is 24.3 Å². The summed E-state index contributed by atoms with van der Waals surface area (Å²) in [5, 5.41) is 7.12. The second kappa shape index (κ2) is 11.2. The molecule has 1 fully saturated rings. The lowest BCUT2D eigenvalue weighted by Gasteiger charge is -2.29. The molecule has 5 rings (SSSR count). The highest BCUT2D eigenvalue weighted by Gasteiger charge is 2.42. The Hall–Kier alpha value is -4.01. The molecule has 1 saturated heterocycles. The van der Waals surface area contributed by atoms with Crippen molar-refractivity contribution in [2.24, 2.45) is 0 Å². The normalized spacial score (nSPS) is 16.8. The zero-order chi connectivity index (χ0) is 28.6. The van der Waals surface area contributed by atoms with Crippen molar-refractivity contribution in [3.63, 3.8) is 0 Å². The highest BCUT2D eigenvalue weighted by atomic mass is 32.1. The number of nitrogens with one attached hydrogen (secondary N) is 2. The minimum absolute atomic E-state index is 0.00509. The molecule has 2 N–H and O–H groups in total. The monoisotopic (exact) mass is 553 g/mol. The van der Waals surface area contributed by atoms with Crippen LogP contribution in [-0.2, 0) is 9.53 Å². The number of benzene rings is 2. The van der Waals surface area contributed by atoms with Crippen LogP contribution in [0.15, 0.2) is 66.9 Å². The largest absolute Gasteiger partial charge is 0.375 e. The Kier molecular flexibility index (Phi) is 7.74. The van der Waals surface area contributed by atoms with E-state index in [4.69, 9.17) is 21.9 Å². The molecular weight excluding hydrogens is 518 g/mol. The van der Waals surface area contributed by atoms with Crippen LogP contribution in [0.2, 0.25) is 0 Å². The molecule has 0 saturated carbocycles. The molecule has 1 amide bonds. The summed E-state index contributed by atoms with van der Waals surface area (Å²) in [5.41, 5.74) is 10.7. The molecule has 2 atom stereocenters. The molecule has 2 unspecified atom stereocenters. The van der Waals surface area contributed by atoms with Gasteiger partial charge in [0.05, 0.1) is 23.5 Å². The van der Waals surface area contributed by atoms with Crippen molar-refractivity contribution in [1.82, 2.24) is 14.9 Å². The molecule has 8 heteroatoms. The summed E-state index contributed by atoms with van der Waals surface area (Å²) in [6, 6.07) is 20.4. The van der Waals surface area contributed by atoms with Gasteiger partial charge in [0.15, 0.2) is 5.11 Å². The van der Waals surface area contributed by atoms with Crippen molar-refractivity contribution in [3.8, 4) is 5.69 Å². The fraction of sp³-hybridized carbons (Fsp3) is 0.281. The molecule has 2 aromatic heterocycles. The Balaban J connectivity index is 1.63. The Morgan fingerprint density at radius 3 is 2.40 bits per heavy atom. The van der Waals surface area contributed by atoms with E-state index in [-0.39, 0.29) is 24.6 Å². The SMILES string of the molecule is COCC(=O)Nc1ccc(N2C(=S)NC(c3ccccn3)C2c2cc(C)n(-c3c(C)cccc3C)c2C)cc1C. The summed E-state index contributed by atoms with van der Waals surface area (Å²) in [4.78, 5) is 19.0. The minimum Gasteiger partial charge on any atom is -0.375 e. The summed E-state index contributed by atoms with van der Waals surface area (Å²) < 4.78 is 7.32. The van der Waals surface area contributed by atoms with Crippen LogP contribution in [0.1, 0.15) is 51.4 Å². The molecule has 0 bridgehead atoms. The molecule has 3 heterocycles. The molecule has 1 aliphatic heterocycles. The first-order chi connectivity index (χ1) is 19.2. The first-order valence-electron chi connectivity index (χ1n) is 13.4. The Labute approximate surface area is 241 Å². The van der Waals surface area contributed by atoms with Crippen molar-refractivity contribution in [3.05, 3.63) is 106 Å². The van der Waals surface area contributed by atoms with E-state index < -0.39 is 0 Å². The molecule has 4 aromatic rings. The Morgan fingerprint density at radius 1 is 1.00 bits per heavy atom. The fourth-order valence-electron chi connectivity index (χ4n) is 5.79. The predicted octanol–water partition coefficient (Wildman–Crippen LogP) is 6.18. The van der Waals surface area contributed by atoms with Crippen LogP contribution in [0.25, 0.3) is 5.69 Å². The average Bonchev–Trinajstić information content (AvgIpc) is 3.41. The predicted molar refractivity (Wildman–Crippen MR) is 164 cm³/mol. The van der Waals surface area contributed by atoms with E-state index in [0.29, 0.717) is 5.11 Å². The van der Waals surface area contributed by atoms with Gasteiger partial charge in [0, 0.05) is 36.1 Å². The second-order valence-corrected chi connectivity index (χ2v) is 10.8. The van der Waals surface area contributed by atoms with Gasteiger partial charge in [-0.25, -0.2) is 0 Å². The van der Waals surface area contributed by atoms with Crippen molar-refractivity contribution in [2.45, 2.75) is 46.7 Å². The molecule has 40 heavy (non-hydrogen) atoms. The van der Waals surface area contributed by atoms with Crippen LogP contribution in [0.4, 0.5) is 11.4 Å². The molecule has 1 aliphatic rings. The third-order valence-corrected chi connectivity index (χ3v) is 7.90. The number of rotatable bonds is 7.